The summed E-state index contributed by atoms with van der Waals surface area (Å²) in [5, 5.41) is 8.96. The van der Waals surface area contributed by atoms with Crippen LogP contribution in [0.3, 0.4) is 0 Å². The molecule has 0 aliphatic heterocycles. The number of unbranched alkanes of at least 4 members (excludes halogenated alkanes) is 1. The van der Waals surface area contributed by atoms with E-state index < -0.39 is 27.4 Å². The molecular formula is C18H18FN3O4S. The summed E-state index contributed by atoms with van der Waals surface area (Å²) in [4.78, 5) is 18.3. The highest BCUT2D eigenvalue weighted by molar-refractivity contribution is 7.92. The zero-order valence-electron chi connectivity index (χ0n) is 14.5. The van der Waals surface area contributed by atoms with Crippen LogP contribution in [0.5, 0.6) is 0 Å². The Labute approximate surface area is 155 Å². The van der Waals surface area contributed by atoms with E-state index in [9.17, 15) is 17.6 Å². The highest BCUT2D eigenvalue weighted by Crippen LogP contribution is 2.22. The van der Waals surface area contributed by atoms with Crippen molar-refractivity contribution in [3.63, 3.8) is 0 Å². The van der Waals surface area contributed by atoms with Crippen LogP contribution < -0.4 is 4.72 Å². The maximum Gasteiger partial charge on any atom is 0.338 e. The van der Waals surface area contributed by atoms with Crippen molar-refractivity contribution >= 4 is 32.7 Å². The van der Waals surface area contributed by atoms with Crippen LogP contribution in [0.25, 0.3) is 11.0 Å². The molecule has 3 aromatic rings. The van der Waals surface area contributed by atoms with Gasteiger partial charge in [0.25, 0.3) is 10.0 Å². The van der Waals surface area contributed by atoms with E-state index in [-0.39, 0.29) is 10.6 Å². The van der Waals surface area contributed by atoms with Crippen LogP contribution in [0.2, 0.25) is 0 Å². The Morgan fingerprint density at radius 2 is 2.04 bits per heavy atom. The lowest BCUT2D eigenvalue weighted by Gasteiger charge is -2.09. The van der Waals surface area contributed by atoms with Crippen LogP contribution in [0, 0.1) is 5.82 Å². The van der Waals surface area contributed by atoms with Crippen LogP contribution in [0.15, 0.2) is 41.3 Å². The van der Waals surface area contributed by atoms with Gasteiger partial charge in [-0.05, 0) is 42.8 Å². The largest absolute Gasteiger partial charge is 0.478 e. The number of hydrogen-bond donors (Lipinski definition) is 3. The average Bonchev–Trinajstić information content (AvgIpc) is 3.01. The van der Waals surface area contributed by atoms with E-state index in [0.29, 0.717) is 5.52 Å². The predicted octanol–water partition coefficient (Wildman–Crippen LogP) is 3.54. The first-order chi connectivity index (χ1) is 12.8. The number of benzene rings is 2. The third kappa shape index (κ3) is 4.08. The van der Waals surface area contributed by atoms with E-state index in [4.69, 9.17) is 5.11 Å². The highest BCUT2D eigenvalue weighted by Gasteiger charge is 2.19. The SMILES string of the molecule is CCCCc1nc2ccc(NS(=O)(=O)c3ccc(F)c(C(=O)O)c3)cc2[nH]1. The first kappa shape index (κ1) is 18.8. The molecule has 3 rings (SSSR count). The lowest BCUT2D eigenvalue weighted by atomic mass is 10.2. The molecule has 0 fully saturated rings. The maximum atomic E-state index is 13.5. The van der Waals surface area contributed by atoms with E-state index in [1.807, 2.05) is 0 Å². The molecule has 0 aliphatic rings. The Bertz CT molecular complexity index is 1110. The van der Waals surface area contributed by atoms with Gasteiger partial charge < -0.3 is 10.1 Å². The number of carboxylic acid groups (broad SMARTS) is 1. The summed E-state index contributed by atoms with van der Waals surface area (Å²) < 4.78 is 40.9. The monoisotopic (exact) mass is 391 g/mol. The molecule has 0 saturated carbocycles. The number of nitrogens with one attached hydrogen (secondary N) is 2. The van der Waals surface area contributed by atoms with E-state index in [1.54, 1.807) is 18.2 Å². The zero-order valence-corrected chi connectivity index (χ0v) is 15.3. The highest BCUT2D eigenvalue weighted by atomic mass is 32.2. The Kier molecular flexibility index (Phi) is 5.13. The fraction of sp³-hybridized carbons (Fsp3) is 0.222. The minimum atomic E-state index is -4.08. The van der Waals surface area contributed by atoms with Crippen molar-refractivity contribution in [3.8, 4) is 0 Å². The number of carbonyl (C=O) groups is 1. The number of halogens is 1. The van der Waals surface area contributed by atoms with Gasteiger partial charge in [0, 0.05) is 6.42 Å². The van der Waals surface area contributed by atoms with Gasteiger partial charge in [-0.3, -0.25) is 4.72 Å². The fourth-order valence-corrected chi connectivity index (χ4v) is 3.71. The minimum absolute atomic E-state index is 0.286. The maximum absolute atomic E-state index is 13.5. The van der Waals surface area contributed by atoms with Gasteiger partial charge in [0.15, 0.2) is 0 Å². The molecule has 0 bridgehead atoms. The summed E-state index contributed by atoms with van der Waals surface area (Å²) in [5.41, 5.74) is 0.988. The van der Waals surface area contributed by atoms with Crippen molar-refractivity contribution in [1.29, 1.82) is 0 Å². The number of imidazole rings is 1. The summed E-state index contributed by atoms with van der Waals surface area (Å²) in [6.07, 6.45) is 2.84. The second-order valence-corrected chi connectivity index (χ2v) is 7.75. The predicted molar refractivity (Wildman–Crippen MR) is 98.9 cm³/mol. The first-order valence-corrected chi connectivity index (χ1v) is 9.83. The van der Waals surface area contributed by atoms with E-state index in [0.717, 1.165) is 48.8 Å². The second kappa shape index (κ2) is 7.36. The number of anilines is 1. The van der Waals surface area contributed by atoms with Crippen molar-refractivity contribution < 1.29 is 22.7 Å². The third-order valence-electron chi connectivity index (χ3n) is 4.03. The zero-order chi connectivity index (χ0) is 19.6. The molecule has 0 aliphatic carbocycles. The Hall–Kier alpha value is -2.94. The lowest BCUT2D eigenvalue weighted by Crippen LogP contribution is -2.14. The molecule has 7 nitrogen and oxygen atoms in total. The van der Waals surface area contributed by atoms with E-state index in [2.05, 4.69) is 21.6 Å². The molecule has 9 heteroatoms. The molecule has 3 N–H and O–H groups in total. The Morgan fingerprint density at radius 1 is 1.26 bits per heavy atom. The van der Waals surface area contributed by atoms with Gasteiger partial charge in [0.05, 0.1) is 27.2 Å². The van der Waals surface area contributed by atoms with Gasteiger partial charge in [0.1, 0.15) is 11.6 Å². The number of hydrogen-bond acceptors (Lipinski definition) is 4. The number of aromatic amines is 1. The molecule has 1 aromatic heterocycles. The molecule has 0 unspecified atom stereocenters. The van der Waals surface area contributed by atoms with Crippen molar-refractivity contribution in [2.24, 2.45) is 0 Å². The number of carboxylic acids is 1. The van der Waals surface area contributed by atoms with Crippen molar-refractivity contribution in [2.75, 3.05) is 4.72 Å². The minimum Gasteiger partial charge on any atom is -0.478 e. The molecule has 0 spiro atoms. The number of aromatic carboxylic acids is 1. The molecule has 142 valence electrons. The van der Waals surface area contributed by atoms with E-state index in [1.165, 1.54) is 0 Å². The standard InChI is InChI=1S/C18H18FN3O4S/c1-2-3-4-17-20-15-8-5-11(9-16(15)21-17)22-27(25,26)12-6-7-14(19)13(10-12)18(23)24/h5-10,22H,2-4H2,1H3,(H,20,21)(H,23,24). The molecular weight excluding hydrogens is 373 g/mol. The van der Waals surface area contributed by atoms with E-state index >= 15 is 0 Å². The number of sulfonamides is 1. The number of aryl methyl sites for hydroxylation is 1. The topological polar surface area (TPSA) is 112 Å². The van der Waals surface area contributed by atoms with Crippen LogP contribution in [-0.4, -0.2) is 29.5 Å². The number of aromatic nitrogens is 2. The Morgan fingerprint density at radius 3 is 2.74 bits per heavy atom. The second-order valence-electron chi connectivity index (χ2n) is 6.07. The summed E-state index contributed by atoms with van der Waals surface area (Å²) in [6.45, 7) is 2.08. The summed E-state index contributed by atoms with van der Waals surface area (Å²) in [6, 6.07) is 7.48. The smallest absolute Gasteiger partial charge is 0.338 e. The van der Waals surface area contributed by atoms with Crippen molar-refractivity contribution in [1.82, 2.24) is 9.97 Å². The normalized spacial score (nSPS) is 11.6. The van der Waals surface area contributed by atoms with Gasteiger partial charge in [0.2, 0.25) is 0 Å². The summed E-state index contributed by atoms with van der Waals surface area (Å²) in [7, 11) is -4.08. The van der Waals surface area contributed by atoms with Crippen LogP contribution in [-0.2, 0) is 16.4 Å². The van der Waals surface area contributed by atoms with Gasteiger partial charge >= 0.3 is 5.97 Å². The quantitative estimate of drug-likeness (QED) is 0.570. The number of H-pyrrole nitrogens is 1. The molecule has 27 heavy (non-hydrogen) atoms. The van der Waals surface area contributed by atoms with Gasteiger partial charge in [-0.25, -0.2) is 22.6 Å². The van der Waals surface area contributed by atoms with Crippen molar-refractivity contribution in [3.05, 3.63) is 53.6 Å². The molecule has 0 atom stereocenters. The van der Waals surface area contributed by atoms with Gasteiger partial charge in [-0.15, -0.1) is 0 Å². The first-order valence-electron chi connectivity index (χ1n) is 8.34. The molecule has 0 saturated heterocycles. The molecule has 1 heterocycles. The average molecular weight is 391 g/mol. The van der Waals surface area contributed by atoms with Crippen molar-refractivity contribution in [2.45, 2.75) is 31.1 Å². The summed E-state index contributed by atoms with van der Waals surface area (Å²) in [5.74, 6) is -1.71. The molecule has 0 radical (unpaired) electrons. The molecule has 0 amide bonds. The molecule has 2 aromatic carbocycles. The third-order valence-corrected chi connectivity index (χ3v) is 5.41. The number of fused-ring (bicyclic) bond motifs is 1. The van der Waals surface area contributed by atoms with Crippen LogP contribution in [0.4, 0.5) is 10.1 Å². The lowest BCUT2D eigenvalue weighted by molar-refractivity contribution is 0.0691. The van der Waals surface area contributed by atoms with Crippen LogP contribution in [0.1, 0.15) is 35.9 Å². The number of rotatable bonds is 7. The fourth-order valence-electron chi connectivity index (χ4n) is 2.64. The number of nitrogens with zero attached hydrogens (tertiary/aromatic N) is 1. The summed E-state index contributed by atoms with van der Waals surface area (Å²) >= 11 is 0. The van der Waals surface area contributed by atoms with Gasteiger partial charge in [-0.2, -0.15) is 0 Å². The van der Waals surface area contributed by atoms with Gasteiger partial charge in [-0.1, -0.05) is 13.3 Å². The van der Waals surface area contributed by atoms with Crippen LogP contribution >= 0.6 is 0 Å². The Balaban J connectivity index is 1.89.